The van der Waals surface area contributed by atoms with E-state index < -0.39 is 6.98 Å². The van der Waals surface area contributed by atoms with E-state index in [1.807, 2.05) is 0 Å². The highest BCUT2D eigenvalue weighted by Crippen LogP contribution is 2.27. The van der Waals surface area contributed by atoms with E-state index in [9.17, 15) is 0 Å². The van der Waals surface area contributed by atoms with Gasteiger partial charge in [0.2, 0.25) is 0 Å². The lowest BCUT2D eigenvalue weighted by Crippen LogP contribution is -1.95. The summed E-state index contributed by atoms with van der Waals surface area (Å²) in [6.45, 7) is -0.521. The maximum absolute atomic E-state index is 7.35. The van der Waals surface area contributed by atoms with Gasteiger partial charge in [0.05, 0.1) is 17.6 Å². The first-order chi connectivity index (χ1) is 11.3. The Morgan fingerprint density at radius 2 is 2.24 bits per heavy atom. The van der Waals surface area contributed by atoms with Crippen molar-refractivity contribution in [2.45, 2.75) is 6.92 Å². The van der Waals surface area contributed by atoms with Crippen LogP contribution < -0.4 is 10.5 Å². The van der Waals surface area contributed by atoms with Gasteiger partial charge in [-0.05, 0) is 25.1 Å². The summed E-state index contributed by atoms with van der Waals surface area (Å²) in [5.41, 5.74) is 7.44. The molecule has 0 amide bonds. The third kappa shape index (κ3) is 2.84. The van der Waals surface area contributed by atoms with Gasteiger partial charge in [0.15, 0.2) is 0 Å². The minimum Gasteiger partial charge on any atom is -0.455 e. The first kappa shape index (κ1) is 9.93. The number of nitrogens with two attached hydrogens (primary N) is 1. The zero-order valence-corrected chi connectivity index (χ0v) is 11.3. The Balaban J connectivity index is 1.88. The van der Waals surface area contributed by atoms with Crippen LogP contribution >= 0.6 is 0 Å². The molecule has 0 bridgehead atoms. The fourth-order valence-corrected chi connectivity index (χ4v) is 1.89. The summed E-state index contributed by atoms with van der Waals surface area (Å²) in [4.78, 5) is 8.37. The SMILES string of the molecule is [2H]C([2H])([2H])n1cc(-c2cc(Oc3ccc(N)nc3C)ccn2)cn1. The topological polar surface area (TPSA) is 78.9 Å². The molecule has 6 heteroatoms. The van der Waals surface area contributed by atoms with Gasteiger partial charge >= 0.3 is 0 Å². The highest BCUT2D eigenvalue weighted by Gasteiger charge is 2.07. The monoisotopic (exact) mass is 284 g/mol. The van der Waals surface area contributed by atoms with Gasteiger partial charge in [0.25, 0.3) is 0 Å². The molecular formula is C15H15N5O. The van der Waals surface area contributed by atoms with E-state index in [-0.39, 0.29) is 0 Å². The first-order valence-electron chi connectivity index (χ1n) is 7.75. The van der Waals surface area contributed by atoms with Crippen molar-refractivity contribution in [2.75, 3.05) is 5.73 Å². The van der Waals surface area contributed by atoms with Crippen molar-refractivity contribution in [2.24, 2.45) is 6.98 Å². The van der Waals surface area contributed by atoms with Crippen LogP contribution in [0.1, 0.15) is 9.81 Å². The molecule has 0 atom stereocenters. The summed E-state index contributed by atoms with van der Waals surface area (Å²) in [5.74, 6) is 1.56. The molecule has 3 rings (SSSR count). The molecule has 106 valence electrons. The van der Waals surface area contributed by atoms with E-state index in [0.717, 1.165) is 4.68 Å². The van der Waals surface area contributed by atoms with Gasteiger partial charge in [-0.1, -0.05) is 0 Å². The summed E-state index contributed by atoms with van der Waals surface area (Å²) >= 11 is 0. The van der Waals surface area contributed by atoms with Gasteiger partial charge < -0.3 is 10.5 Å². The van der Waals surface area contributed by atoms with Crippen molar-refractivity contribution in [3.05, 3.63) is 48.5 Å². The molecule has 0 saturated carbocycles. The Hall–Kier alpha value is -2.89. The second-order valence-electron chi connectivity index (χ2n) is 4.47. The zero-order valence-electron chi connectivity index (χ0n) is 14.3. The number of aromatic nitrogens is 4. The number of hydrogen-bond donors (Lipinski definition) is 1. The highest BCUT2D eigenvalue weighted by atomic mass is 16.5. The Kier molecular flexibility index (Phi) is 2.48. The van der Waals surface area contributed by atoms with Gasteiger partial charge in [0.1, 0.15) is 17.3 Å². The Morgan fingerprint density at radius 1 is 1.33 bits per heavy atom. The summed E-state index contributed by atoms with van der Waals surface area (Å²) < 4.78 is 28.8. The quantitative estimate of drug-likeness (QED) is 0.799. The van der Waals surface area contributed by atoms with Crippen molar-refractivity contribution in [1.82, 2.24) is 19.7 Å². The molecule has 21 heavy (non-hydrogen) atoms. The fourth-order valence-electron chi connectivity index (χ4n) is 1.89. The van der Waals surface area contributed by atoms with Crippen molar-refractivity contribution < 1.29 is 8.85 Å². The molecule has 0 fully saturated rings. The summed E-state index contributed by atoms with van der Waals surface area (Å²) in [6.07, 6.45) is 4.46. The van der Waals surface area contributed by atoms with Crippen LogP contribution in [0.5, 0.6) is 11.5 Å². The largest absolute Gasteiger partial charge is 0.455 e. The van der Waals surface area contributed by atoms with Crippen LogP contribution in [0.3, 0.4) is 0 Å². The van der Waals surface area contributed by atoms with Crippen molar-refractivity contribution >= 4 is 5.82 Å². The first-order valence-corrected chi connectivity index (χ1v) is 6.25. The fraction of sp³-hybridized carbons (Fsp3) is 0.133. The van der Waals surface area contributed by atoms with E-state index in [4.69, 9.17) is 14.6 Å². The standard InChI is InChI=1S/C15H15N5O/c1-10-14(3-4-15(16)19-10)21-12-5-6-17-13(7-12)11-8-18-20(2)9-11/h3-9H,1-2H3,(H2,16,19)/i2D3. The molecule has 0 aliphatic carbocycles. The lowest BCUT2D eigenvalue weighted by molar-refractivity contribution is 0.475. The molecule has 0 unspecified atom stereocenters. The molecule has 3 aromatic heterocycles. The third-order valence-corrected chi connectivity index (χ3v) is 2.90. The Bertz CT molecular complexity index is 876. The summed E-state index contributed by atoms with van der Waals surface area (Å²) in [7, 11) is 0. The second-order valence-corrected chi connectivity index (χ2v) is 4.47. The normalized spacial score (nSPS) is 13.3. The van der Waals surface area contributed by atoms with Gasteiger partial charge in [-0.15, -0.1) is 0 Å². The molecule has 0 saturated heterocycles. The molecule has 6 nitrogen and oxygen atoms in total. The Labute approximate surface area is 126 Å². The number of aryl methyl sites for hydroxylation is 2. The number of pyridine rings is 2. The van der Waals surface area contributed by atoms with Crippen LogP contribution in [-0.4, -0.2) is 19.7 Å². The minimum absolute atomic E-state index is 0.423. The van der Waals surface area contributed by atoms with Gasteiger partial charge in [-0.2, -0.15) is 5.10 Å². The summed E-state index contributed by atoms with van der Waals surface area (Å²) in [5, 5.41) is 3.85. The molecule has 3 aromatic rings. The maximum Gasteiger partial charge on any atom is 0.148 e. The molecule has 3 heterocycles. The maximum atomic E-state index is 7.35. The minimum atomic E-state index is -2.32. The van der Waals surface area contributed by atoms with Crippen LogP contribution in [0, 0.1) is 6.92 Å². The smallest absolute Gasteiger partial charge is 0.148 e. The number of hydrogen-bond acceptors (Lipinski definition) is 5. The van der Waals surface area contributed by atoms with E-state index >= 15 is 0 Å². The number of nitrogen functional groups attached to an aromatic ring is 1. The van der Waals surface area contributed by atoms with E-state index in [0.29, 0.717) is 34.3 Å². The van der Waals surface area contributed by atoms with Crippen LogP contribution in [0.4, 0.5) is 5.82 Å². The van der Waals surface area contributed by atoms with E-state index in [1.54, 1.807) is 37.4 Å². The van der Waals surface area contributed by atoms with Gasteiger partial charge in [-0.3, -0.25) is 9.67 Å². The molecule has 0 aliphatic rings. The molecule has 0 spiro atoms. The second kappa shape index (κ2) is 5.24. The van der Waals surface area contributed by atoms with Crippen LogP contribution in [-0.2, 0) is 6.98 Å². The molecule has 0 aliphatic heterocycles. The summed E-state index contributed by atoms with van der Waals surface area (Å²) in [6, 6.07) is 6.80. The van der Waals surface area contributed by atoms with Gasteiger partial charge in [0, 0.05) is 35.1 Å². The average molecular weight is 284 g/mol. The molecule has 0 radical (unpaired) electrons. The van der Waals surface area contributed by atoms with E-state index in [2.05, 4.69) is 15.1 Å². The predicted molar refractivity (Wildman–Crippen MR) is 79.9 cm³/mol. The van der Waals surface area contributed by atoms with Crippen LogP contribution in [0.2, 0.25) is 0 Å². The Morgan fingerprint density at radius 3 is 3.00 bits per heavy atom. The molecule has 0 aromatic carbocycles. The van der Waals surface area contributed by atoms with Crippen LogP contribution in [0.15, 0.2) is 42.9 Å². The number of anilines is 1. The molecule has 2 N–H and O–H groups in total. The zero-order chi connectivity index (χ0) is 17.3. The highest BCUT2D eigenvalue weighted by molar-refractivity contribution is 5.59. The molecular weight excluding hydrogens is 266 g/mol. The van der Waals surface area contributed by atoms with Gasteiger partial charge in [-0.25, -0.2) is 4.98 Å². The third-order valence-electron chi connectivity index (χ3n) is 2.90. The van der Waals surface area contributed by atoms with E-state index in [1.165, 1.54) is 12.4 Å². The number of ether oxygens (including phenoxy) is 1. The van der Waals surface area contributed by atoms with Crippen molar-refractivity contribution in [3.8, 4) is 22.8 Å². The van der Waals surface area contributed by atoms with Crippen LogP contribution in [0.25, 0.3) is 11.3 Å². The van der Waals surface area contributed by atoms with Crippen molar-refractivity contribution in [3.63, 3.8) is 0 Å². The number of nitrogens with zero attached hydrogens (tertiary/aromatic N) is 4. The lowest BCUT2D eigenvalue weighted by atomic mass is 10.2. The lowest BCUT2D eigenvalue weighted by Gasteiger charge is -2.09. The number of rotatable bonds is 3. The predicted octanol–water partition coefficient (Wildman–Crippen LogP) is 2.56. The average Bonchev–Trinajstić information content (AvgIpc) is 3.01. The van der Waals surface area contributed by atoms with Crippen molar-refractivity contribution in [1.29, 1.82) is 0 Å².